The van der Waals surface area contributed by atoms with Crippen LogP contribution in [0.5, 0.6) is 0 Å². The molecule has 0 saturated heterocycles. The number of nitrogens with zero attached hydrogens (tertiary/aromatic N) is 3. The molecule has 106 valence electrons. The highest BCUT2D eigenvalue weighted by Crippen LogP contribution is 2.18. The summed E-state index contributed by atoms with van der Waals surface area (Å²) in [5.41, 5.74) is 0.952. The molecule has 0 spiro atoms. The molecular formula is C14H19N5O. The summed E-state index contributed by atoms with van der Waals surface area (Å²) in [6, 6.07) is 9.78. The second-order valence-electron chi connectivity index (χ2n) is 4.43. The molecule has 20 heavy (non-hydrogen) atoms. The van der Waals surface area contributed by atoms with Gasteiger partial charge in [0.1, 0.15) is 0 Å². The van der Waals surface area contributed by atoms with Crippen LogP contribution in [-0.4, -0.2) is 36.7 Å². The summed E-state index contributed by atoms with van der Waals surface area (Å²) in [7, 11) is 3.55. The van der Waals surface area contributed by atoms with Gasteiger partial charge in [0, 0.05) is 26.2 Å². The number of benzene rings is 1. The molecule has 6 nitrogen and oxygen atoms in total. The molecule has 0 fully saturated rings. The third-order valence-electron chi connectivity index (χ3n) is 2.93. The van der Waals surface area contributed by atoms with E-state index in [2.05, 4.69) is 25.8 Å². The van der Waals surface area contributed by atoms with Crippen molar-refractivity contribution in [3.63, 3.8) is 0 Å². The van der Waals surface area contributed by atoms with Crippen LogP contribution in [0.25, 0.3) is 11.4 Å². The number of guanidine groups is 1. The Hall–Kier alpha value is -2.37. The van der Waals surface area contributed by atoms with Gasteiger partial charge in [-0.25, -0.2) is 0 Å². The number of hydrogen-bond acceptors (Lipinski definition) is 4. The number of aromatic nitrogens is 2. The zero-order chi connectivity index (χ0) is 14.4. The Morgan fingerprint density at radius 3 is 2.75 bits per heavy atom. The second kappa shape index (κ2) is 6.70. The molecule has 0 aliphatic rings. The standard InChI is InChI=1S/C14H19N5O/c1-10(9-17-14(15-2)16-3)13-18-12(19-20-13)11-7-5-4-6-8-11/h4-8,10H,9H2,1-3H3,(H2,15,16,17)/t10-/m0/s1. The summed E-state index contributed by atoms with van der Waals surface area (Å²) in [4.78, 5) is 8.48. The average Bonchev–Trinajstić information content (AvgIpc) is 2.99. The molecular weight excluding hydrogens is 254 g/mol. The van der Waals surface area contributed by atoms with Gasteiger partial charge in [0.15, 0.2) is 5.96 Å². The fourth-order valence-corrected chi connectivity index (χ4v) is 1.76. The van der Waals surface area contributed by atoms with E-state index < -0.39 is 0 Å². The minimum absolute atomic E-state index is 0.102. The molecule has 2 N–H and O–H groups in total. The summed E-state index contributed by atoms with van der Waals surface area (Å²) in [5.74, 6) is 2.07. The van der Waals surface area contributed by atoms with Gasteiger partial charge in [0.05, 0.1) is 5.92 Å². The number of hydrogen-bond donors (Lipinski definition) is 2. The Morgan fingerprint density at radius 1 is 1.35 bits per heavy atom. The van der Waals surface area contributed by atoms with Gasteiger partial charge in [-0.15, -0.1) is 0 Å². The van der Waals surface area contributed by atoms with Crippen molar-refractivity contribution >= 4 is 5.96 Å². The smallest absolute Gasteiger partial charge is 0.231 e. The Bertz CT molecular complexity index is 564. The Morgan fingerprint density at radius 2 is 2.10 bits per heavy atom. The molecule has 0 aliphatic heterocycles. The van der Waals surface area contributed by atoms with Crippen molar-refractivity contribution < 1.29 is 4.52 Å². The molecule has 2 rings (SSSR count). The van der Waals surface area contributed by atoms with Gasteiger partial charge >= 0.3 is 0 Å². The van der Waals surface area contributed by atoms with Crippen LogP contribution in [0.4, 0.5) is 0 Å². The molecule has 0 amide bonds. The van der Waals surface area contributed by atoms with Crippen molar-refractivity contribution in [2.45, 2.75) is 12.8 Å². The molecule has 0 radical (unpaired) electrons. The molecule has 0 aliphatic carbocycles. The highest BCUT2D eigenvalue weighted by molar-refractivity contribution is 5.79. The van der Waals surface area contributed by atoms with Gasteiger partial charge in [0.25, 0.3) is 0 Å². The van der Waals surface area contributed by atoms with E-state index in [1.807, 2.05) is 44.3 Å². The predicted molar refractivity (Wildman–Crippen MR) is 78.6 cm³/mol. The van der Waals surface area contributed by atoms with Gasteiger partial charge in [-0.3, -0.25) is 4.99 Å². The van der Waals surface area contributed by atoms with Crippen molar-refractivity contribution in [1.82, 2.24) is 20.8 Å². The van der Waals surface area contributed by atoms with Crippen LogP contribution in [0.3, 0.4) is 0 Å². The molecule has 6 heteroatoms. The third kappa shape index (κ3) is 3.34. The molecule has 1 aromatic carbocycles. The van der Waals surface area contributed by atoms with Gasteiger partial charge < -0.3 is 15.2 Å². The zero-order valence-corrected chi connectivity index (χ0v) is 11.9. The number of aliphatic imine (C=N–C) groups is 1. The molecule has 2 aromatic rings. The van der Waals surface area contributed by atoms with Gasteiger partial charge in [-0.05, 0) is 0 Å². The van der Waals surface area contributed by atoms with Crippen molar-refractivity contribution in [1.29, 1.82) is 0 Å². The Balaban J connectivity index is 2.02. The first kappa shape index (κ1) is 14.0. The van der Waals surface area contributed by atoms with Crippen molar-refractivity contribution in [2.75, 3.05) is 20.6 Å². The van der Waals surface area contributed by atoms with Crippen molar-refractivity contribution in [2.24, 2.45) is 4.99 Å². The Kier molecular flexibility index (Phi) is 4.70. The first-order valence-electron chi connectivity index (χ1n) is 6.52. The molecule has 1 aromatic heterocycles. The van der Waals surface area contributed by atoms with Crippen LogP contribution in [0.2, 0.25) is 0 Å². The summed E-state index contributed by atoms with van der Waals surface area (Å²) < 4.78 is 5.32. The van der Waals surface area contributed by atoms with E-state index in [4.69, 9.17) is 4.52 Å². The first-order valence-corrected chi connectivity index (χ1v) is 6.52. The zero-order valence-electron chi connectivity index (χ0n) is 11.9. The van der Waals surface area contributed by atoms with E-state index in [-0.39, 0.29) is 5.92 Å². The normalized spacial score (nSPS) is 13.1. The van der Waals surface area contributed by atoms with Crippen molar-refractivity contribution in [3.8, 4) is 11.4 Å². The molecule has 0 unspecified atom stereocenters. The number of rotatable bonds is 4. The maximum Gasteiger partial charge on any atom is 0.231 e. The highest BCUT2D eigenvalue weighted by Gasteiger charge is 2.15. The van der Waals surface area contributed by atoms with Crippen LogP contribution in [-0.2, 0) is 0 Å². The van der Waals surface area contributed by atoms with Gasteiger partial charge in [-0.2, -0.15) is 4.98 Å². The van der Waals surface area contributed by atoms with Gasteiger partial charge in [-0.1, -0.05) is 42.4 Å². The molecule has 1 atom stereocenters. The minimum atomic E-state index is 0.102. The second-order valence-corrected chi connectivity index (χ2v) is 4.43. The maximum absolute atomic E-state index is 5.32. The summed E-state index contributed by atoms with van der Waals surface area (Å²) in [6.07, 6.45) is 0. The quantitative estimate of drug-likeness (QED) is 0.654. The third-order valence-corrected chi connectivity index (χ3v) is 2.93. The average molecular weight is 273 g/mol. The highest BCUT2D eigenvalue weighted by atomic mass is 16.5. The largest absolute Gasteiger partial charge is 0.359 e. The summed E-state index contributed by atoms with van der Waals surface area (Å²) in [5, 5.41) is 10.2. The van der Waals surface area contributed by atoms with Gasteiger partial charge in [0.2, 0.25) is 11.7 Å². The van der Waals surface area contributed by atoms with E-state index in [9.17, 15) is 0 Å². The lowest BCUT2D eigenvalue weighted by Gasteiger charge is -2.10. The minimum Gasteiger partial charge on any atom is -0.359 e. The Labute approximate surface area is 118 Å². The summed E-state index contributed by atoms with van der Waals surface area (Å²) in [6.45, 7) is 2.70. The van der Waals surface area contributed by atoms with E-state index in [0.29, 0.717) is 18.3 Å². The predicted octanol–water partition coefficient (Wildman–Crippen LogP) is 1.63. The van der Waals surface area contributed by atoms with Crippen LogP contribution in [0.15, 0.2) is 39.8 Å². The molecule has 0 saturated carbocycles. The SMILES string of the molecule is CN=C(NC)NC[C@H](C)c1nc(-c2ccccc2)no1. The summed E-state index contributed by atoms with van der Waals surface area (Å²) >= 11 is 0. The molecule has 0 bridgehead atoms. The fourth-order valence-electron chi connectivity index (χ4n) is 1.76. The monoisotopic (exact) mass is 273 g/mol. The van der Waals surface area contributed by atoms with E-state index in [1.54, 1.807) is 7.05 Å². The lowest BCUT2D eigenvalue weighted by Crippen LogP contribution is -2.36. The van der Waals surface area contributed by atoms with E-state index in [1.165, 1.54) is 0 Å². The van der Waals surface area contributed by atoms with Crippen LogP contribution >= 0.6 is 0 Å². The lowest BCUT2D eigenvalue weighted by molar-refractivity contribution is 0.358. The topological polar surface area (TPSA) is 75.3 Å². The number of nitrogens with one attached hydrogen (secondary N) is 2. The molecule has 1 heterocycles. The van der Waals surface area contributed by atoms with E-state index >= 15 is 0 Å². The maximum atomic E-state index is 5.32. The van der Waals surface area contributed by atoms with Crippen LogP contribution in [0.1, 0.15) is 18.7 Å². The van der Waals surface area contributed by atoms with Crippen LogP contribution < -0.4 is 10.6 Å². The van der Waals surface area contributed by atoms with E-state index in [0.717, 1.165) is 11.5 Å². The fraction of sp³-hybridized carbons (Fsp3) is 0.357. The van der Waals surface area contributed by atoms with Crippen molar-refractivity contribution in [3.05, 3.63) is 36.2 Å². The van der Waals surface area contributed by atoms with Crippen LogP contribution in [0, 0.1) is 0 Å². The first-order chi connectivity index (χ1) is 9.74. The lowest BCUT2D eigenvalue weighted by atomic mass is 10.2.